The van der Waals surface area contributed by atoms with Gasteiger partial charge in [-0.15, -0.1) is 0 Å². The van der Waals surface area contributed by atoms with Gasteiger partial charge in [-0.3, -0.25) is 9.59 Å². The molecular weight excluding hydrogens is 230 g/mol. The maximum atomic E-state index is 11.9. The van der Waals surface area contributed by atoms with E-state index in [0.29, 0.717) is 0 Å². The van der Waals surface area contributed by atoms with Crippen LogP contribution in [-0.2, 0) is 22.6 Å². The quantitative estimate of drug-likeness (QED) is 0.825. The van der Waals surface area contributed by atoms with Gasteiger partial charge in [0.1, 0.15) is 12.4 Å². The SMILES string of the molecule is CCc1nccn1CC(=O)NC(C(C)=O)C(C)C. The minimum absolute atomic E-state index is 0.0142. The normalized spacial score (nSPS) is 12.5. The van der Waals surface area contributed by atoms with Crippen molar-refractivity contribution in [2.45, 2.75) is 46.7 Å². The molecule has 0 saturated carbocycles. The Kier molecular flexibility index (Phi) is 5.07. The number of carbonyl (C=O) groups excluding carboxylic acids is 2. The van der Waals surface area contributed by atoms with E-state index in [0.717, 1.165) is 12.2 Å². The largest absolute Gasteiger partial charge is 0.344 e. The third-order valence-electron chi connectivity index (χ3n) is 2.85. The second-order valence-electron chi connectivity index (χ2n) is 4.72. The lowest BCUT2D eigenvalue weighted by Gasteiger charge is -2.19. The van der Waals surface area contributed by atoms with Gasteiger partial charge in [0.15, 0.2) is 5.78 Å². The van der Waals surface area contributed by atoms with Gasteiger partial charge in [-0.1, -0.05) is 20.8 Å². The summed E-state index contributed by atoms with van der Waals surface area (Å²) in [6.07, 6.45) is 4.23. The van der Waals surface area contributed by atoms with Gasteiger partial charge in [0.05, 0.1) is 6.04 Å². The fourth-order valence-corrected chi connectivity index (χ4v) is 1.91. The minimum Gasteiger partial charge on any atom is -0.344 e. The maximum absolute atomic E-state index is 11.9. The third kappa shape index (κ3) is 3.68. The van der Waals surface area contributed by atoms with Gasteiger partial charge in [0.25, 0.3) is 0 Å². The van der Waals surface area contributed by atoms with Crippen LogP contribution in [0.1, 0.15) is 33.5 Å². The number of rotatable bonds is 6. The Labute approximate surface area is 108 Å². The van der Waals surface area contributed by atoms with E-state index in [1.165, 1.54) is 6.92 Å². The van der Waals surface area contributed by atoms with Crippen molar-refractivity contribution in [2.75, 3.05) is 0 Å². The zero-order chi connectivity index (χ0) is 13.7. The van der Waals surface area contributed by atoms with E-state index in [1.54, 1.807) is 17.0 Å². The average Bonchev–Trinajstić information content (AvgIpc) is 2.72. The molecule has 5 nitrogen and oxygen atoms in total. The molecule has 1 aromatic heterocycles. The maximum Gasteiger partial charge on any atom is 0.240 e. The molecule has 18 heavy (non-hydrogen) atoms. The van der Waals surface area contributed by atoms with Crippen LogP contribution >= 0.6 is 0 Å². The number of ketones is 1. The second kappa shape index (κ2) is 6.33. The molecule has 0 bridgehead atoms. The number of imidazole rings is 1. The van der Waals surface area contributed by atoms with Gasteiger partial charge in [-0.05, 0) is 12.8 Å². The van der Waals surface area contributed by atoms with Gasteiger partial charge in [0, 0.05) is 18.8 Å². The molecule has 0 aliphatic rings. The molecule has 1 heterocycles. The second-order valence-corrected chi connectivity index (χ2v) is 4.72. The van der Waals surface area contributed by atoms with Crippen LogP contribution in [0.3, 0.4) is 0 Å². The first-order valence-electron chi connectivity index (χ1n) is 6.25. The van der Waals surface area contributed by atoms with Crippen LogP contribution in [0.25, 0.3) is 0 Å². The van der Waals surface area contributed by atoms with Gasteiger partial charge < -0.3 is 9.88 Å². The van der Waals surface area contributed by atoms with E-state index in [1.807, 2.05) is 20.8 Å². The van der Waals surface area contributed by atoms with E-state index in [2.05, 4.69) is 10.3 Å². The van der Waals surface area contributed by atoms with Gasteiger partial charge in [-0.2, -0.15) is 0 Å². The molecule has 1 unspecified atom stereocenters. The zero-order valence-electron chi connectivity index (χ0n) is 11.4. The average molecular weight is 251 g/mol. The Morgan fingerprint density at radius 1 is 1.44 bits per heavy atom. The molecule has 1 N–H and O–H groups in total. The fraction of sp³-hybridized carbons (Fsp3) is 0.615. The Bertz CT molecular complexity index is 424. The first kappa shape index (κ1) is 14.4. The van der Waals surface area contributed by atoms with E-state index in [4.69, 9.17) is 0 Å². The zero-order valence-corrected chi connectivity index (χ0v) is 11.4. The van der Waals surface area contributed by atoms with Gasteiger partial charge in [0.2, 0.25) is 5.91 Å². The molecule has 1 aromatic rings. The number of Topliss-reactive ketones (excluding diaryl/α,β-unsaturated/α-hetero) is 1. The summed E-state index contributed by atoms with van der Waals surface area (Å²) in [4.78, 5) is 27.5. The van der Waals surface area contributed by atoms with Crippen LogP contribution in [0.2, 0.25) is 0 Å². The van der Waals surface area contributed by atoms with Crippen molar-refractivity contribution < 1.29 is 9.59 Å². The van der Waals surface area contributed by atoms with Crippen molar-refractivity contribution in [2.24, 2.45) is 5.92 Å². The molecule has 0 spiro atoms. The van der Waals surface area contributed by atoms with Crippen LogP contribution in [0.5, 0.6) is 0 Å². The molecule has 0 fully saturated rings. The van der Waals surface area contributed by atoms with Crippen molar-refractivity contribution >= 4 is 11.7 Å². The molecule has 0 aliphatic carbocycles. The number of nitrogens with zero attached hydrogens (tertiary/aromatic N) is 2. The molecule has 5 heteroatoms. The topological polar surface area (TPSA) is 64.0 Å². The summed E-state index contributed by atoms with van der Waals surface area (Å²) in [6.45, 7) is 7.53. The van der Waals surface area contributed by atoms with Crippen LogP contribution in [-0.4, -0.2) is 27.3 Å². The third-order valence-corrected chi connectivity index (χ3v) is 2.85. The Hall–Kier alpha value is -1.65. The summed E-state index contributed by atoms with van der Waals surface area (Å²) in [5.41, 5.74) is 0. The van der Waals surface area contributed by atoms with Crippen molar-refractivity contribution in [3.8, 4) is 0 Å². The number of hydrogen-bond acceptors (Lipinski definition) is 3. The lowest BCUT2D eigenvalue weighted by Crippen LogP contribution is -2.44. The van der Waals surface area contributed by atoms with Gasteiger partial charge in [-0.25, -0.2) is 4.98 Å². The molecule has 0 radical (unpaired) electrons. The smallest absolute Gasteiger partial charge is 0.240 e. The Balaban J connectivity index is 2.63. The van der Waals surface area contributed by atoms with Crippen molar-refractivity contribution in [3.63, 3.8) is 0 Å². The highest BCUT2D eigenvalue weighted by Gasteiger charge is 2.20. The summed E-state index contributed by atoms with van der Waals surface area (Å²) in [6, 6.07) is -0.411. The van der Waals surface area contributed by atoms with Gasteiger partial charge >= 0.3 is 0 Å². The van der Waals surface area contributed by atoms with Crippen molar-refractivity contribution in [1.82, 2.24) is 14.9 Å². The summed E-state index contributed by atoms with van der Waals surface area (Å²) >= 11 is 0. The number of carbonyl (C=O) groups is 2. The number of aryl methyl sites for hydroxylation is 1. The first-order valence-corrected chi connectivity index (χ1v) is 6.25. The standard InChI is InChI=1S/C13H21N3O2/c1-5-11-14-6-7-16(11)8-12(18)15-13(9(2)3)10(4)17/h6-7,9,13H,5,8H2,1-4H3,(H,15,18). The fourth-order valence-electron chi connectivity index (χ4n) is 1.91. The highest BCUT2D eigenvalue weighted by Crippen LogP contribution is 2.04. The van der Waals surface area contributed by atoms with Crippen molar-refractivity contribution in [3.05, 3.63) is 18.2 Å². The summed E-state index contributed by atoms with van der Waals surface area (Å²) in [5, 5.41) is 2.77. The van der Waals surface area contributed by atoms with E-state index < -0.39 is 6.04 Å². The lowest BCUT2D eigenvalue weighted by atomic mass is 10.0. The molecular formula is C13H21N3O2. The highest BCUT2D eigenvalue weighted by atomic mass is 16.2. The molecule has 1 amide bonds. The first-order chi connectivity index (χ1) is 8.45. The van der Waals surface area contributed by atoms with Crippen LogP contribution < -0.4 is 5.32 Å². The number of amides is 1. The number of hydrogen-bond donors (Lipinski definition) is 1. The number of nitrogens with one attached hydrogen (secondary N) is 1. The van der Waals surface area contributed by atoms with Crippen LogP contribution in [0.4, 0.5) is 0 Å². The van der Waals surface area contributed by atoms with E-state index in [-0.39, 0.29) is 24.2 Å². The van der Waals surface area contributed by atoms with Crippen molar-refractivity contribution in [1.29, 1.82) is 0 Å². The van der Waals surface area contributed by atoms with E-state index in [9.17, 15) is 9.59 Å². The van der Waals surface area contributed by atoms with Crippen LogP contribution in [0.15, 0.2) is 12.4 Å². The summed E-state index contributed by atoms with van der Waals surface area (Å²) in [5.74, 6) is 0.797. The summed E-state index contributed by atoms with van der Waals surface area (Å²) in [7, 11) is 0. The molecule has 0 aromatic carbocycles. The monoisotopic (exact) mass is 251 g/mol. The molecule has 100 valence electrons. The Morgan fingerprint density at radius 3 is 2.61 bits per heavy atom. The molecule has 0 saturated heterocycles. The molecule has 1 atom stereocenters. The number of aromatic nitrogens is 2. The Morgan fingerprint density at radius 2 is 2.11 bits per heavy atom. The predicted molar refractivity (Wildman–Crippen MR) is 69.1 cm³/mol. The van der Waals surface area contributed by atoms with Crippen LogP contribution in [0, 0.1) is 5.92 Å². The molecule has 1 rings (SSSR count). The minimum atomic E-state index is -0.411. The predicted octanol–water partition coefficient (Wildman–Crippen LogP) is 1.18. The van der Waals surface area contributed by atoms with E-state index >= 15 is 0 Å². The highest BCUT2D eigenvalue weighted by molar-refractivity contribution is 5.87. The summed E-state index contributed by atoms with van der Waals surface area (Å²) < 4.78 is 1.80. The molecule has 0 aliphatic heterocycles. The lowest BCUT2D eigenvalue weighted by molar-refractivity contribution is -0.128.